The van der Waals surface area contributed by atoms with Gasteiger partial charge in [-0.15, -0.1) is 11.8 Å². The summed E-state index contributed by atoms with van der Waals surface area (Å²) in [5.74, 6) is 0.576. The monoisotopic (exact) mass is 473 g/mol. The number of ether oxygens (including phenoxy) is 1. The molecule has 3 rings (SSSR count). The first kappa shape index (κ1) is 23.7. The molecule has 3 aromatic carbocycles. The molecule has 0 aromatic heterocycles. The van der Waals surface area contributed by atoms with Crippen molar-refractivity contribution in [2.45, 2.75) is 22.4 Å². The molecule has 0 spiro atoms. The number of nitrogens with one attached hydrogen (secondary N) is 1. The molecule has 3 aromatic rings. The van der Waals surface area contributed by atoms with Gasteiger partial charge in [-0.3, -0.25) is 10.1 Å². The predicted molar refractivity (Wildman–Crippen MR) is 125 cm³/mol. The molecule has 8 nitrogen and oxygen atoms in total. The third-order valence-electron chi connectivity index (χ3n) is 4.48. The van der Waals surface area contributed by atoms with E-state index in [1.807, 2.05) is 60.7 Å². The minimum Gasteiger partial charge on any atom is -0.375 e. The SMILES string of the molecule is NS(=O)(=O)c1ccc(NC(COCc2ccccc2)CSc2ccccc2)c([N+](=O)[O-])c1. The third kappa shape index (κ3) is 7.06. The van der Waals surface area contributed by atoms with Crippen LogP contribution in [0.15, 0.2) is 88.7 Å². The number of anilines is 1. The van der Waals surface area contributed by atoms with E-state index in [-0.39, 0.29) is 22.3 Å². The van der Waals surface area contributed by atoms with E-state index >= 15 is 0 Å². The van der Waals surface area contributed by atoms with Crippen molar-refractivity contribution in [2.75, 3.05) is 17.7 Å². The summed E-state index contributed by atoms with van der Waals surface area (Å²) in [6.45, 7) is 0.699. The van der Waals surface area contributed by atoms with Crippen LogP contribution in [0.5, 0.6) is 0 Å². The molecule has 10 heteroatoms. The highest BCUT2D eigenvalue weighted by molar-refractivity contribution is 7.99. The van der Waals surface area contributed by atoms with E-state index in [0.717, 1.165) is 16.5 Å². The predicted octanol–water partition coefficient (Wildman–Crippen LogP) is 4.03. The maximum absolute atomic E-state index is 11.6. The Labute approximate surface area is 191 Å². The summed E-state index contributed by atoms with van der Waals surface area (Å²) in [5, 5.41) is 19.8. The molecule has 0 saturated heterocycles. The van der Waals surface area contributed by atoms with E-state index < -0.39 is 14.9 Å². The van der Waals surface area contributed by atoms with Crippen LogP contribution in [-0.2, 0) is 21.4 Å². The molecule has 0 saturated carbocycles. The summed E-state index contributed by atoms with van der Waals surface area (Å²) >= 11 is 1.59. The van der Waals surface area contributed by atoms with Crippen LogP contribution in [0.3, 0.4) is 0 Å². The fourth-order valence-corrected chi connectivity index (χ4v) is 4.38. The highest BCUT2D eigenvalue weighted by Crippen LogP contribution is 2.29. The molecular weight excluding hydrogens is 450 g/mol. The Morgan fingerprint density at radius 3 is 2.31 bits per heavy atom. The van der Waals surface area contributed by atoms with Gasteiger partial charge in [0.2, 0.25) is 10.0 Å². The molecule has 1 unspecified atom stereocenters. The third-order valence-corrected chi connectivity index (χ3v) is 6.56. The average molecular weight is 474 g/mol. The Hall–Kier alpha value is -2.92. The fourth-order valence-electron chi connectivity index (χ4n) is 2.92. The standard InChI is InChI=1S/C22H23N3O5S2/c23-32(28,29)20-11-12-21(22(13-20)25(26)27)24-18(16-31-19-9-5-2-6-10-19)15-30-14-17-7-3-1-4-8-17/h1-13,18,24H,14-16H2,(H2,23,28,29). The smallest absolute Gasteiger partial charge is 0.293 e. The molecule has 0 heterocycles. The highest BCUT2D eigenvalue weighted by Gasteiger charge is 2.21. The summed E-state index contributed by atoms with van der Waals surface area (Å²) in [6.07, 6.45) is 0. The number of nitrogens with two attached hydrogens (primary N) is 1. The van der Waals surface area contributed by atoms with Crippen LogP contribution in [0.25, 0.3) is 0 Å². The topological polar surface area (TPSA) is 125 Å². The second-order valence-corrected chi connectivity index (χ2v) is 9.60. The maximum atomic E-state index is 11.6. The number of nitrogens with zero attached hydrogens (tertiary/aromatic N) is 1. The van der Waals surface area contributed by atoms with Crippen molar-refractivity contribution >= 4 is 33.2 Å². The number of rotatable bonds is 11. The number of primary sulfonamides is 1. The quantitative estimate of drug-likeness (QED) is 0.245. The summed E-state index contributed by atoms with van der Waals surface area (Å²) in [5.41, 5.74) is 0.851. The molecule has 168 valence electrons. The van der Waals surface area contributed by atoms with Crippen LogP contribution in [0.2, 0.25) is 0 Å². The van der Waals surface area contributed by atoms with Crippen LogP contribution in [0.1, 0.15) is 5.56 Å². The Bertz CT molecular complexity index is 1140. The Morgan fingerprint density at radius 2 is 1.69 bits per heavy atom. The summed E-state index contributed by atoms with van der Waals surface area (Å²) in [6, 6.07) is 22.8. The Morgan fingerprint density at radius 1 is 1.03 bits per heavy atom. The summed E-state index contributed by atoms with van der Waals surface area (Å²) in [7, 11) is -4.06. The highest BCUT2D eigenvalue weighted by atomic mass is 32.2. The van der Waals surface area contributed by atoms with Crippen molar-refractivity contribution < 1.29 is 18.1 Å². The van der Waals surface area contributed by atoms with Crippen molar-refractivity contribution in [3.05, 3.63) is 94.5 Å². The number of thioether (sulfide) groups is 1. The molecule has 0 amide bonds. The first-order chi connectivity index (χ1) is 15.3. The van der Waals surface area contributed by atoms with Gasteiger partial charge in [0.15, 0.2) is 0 Å². The van der Waals surface area contributed by atoms with Gasteiger partial charge in [0, 0.05) is 16.7 Å². The zero-order valence-corrected chi connectivity index (χ0v) is 18.7. The molecule has 0 aliphatic heterocycles. The molecule has 0 radical (unpaired) electrons. The van der Waals surface area contributed by atoms with Gasteiger partial charge < -0.3 is 10.1 Å². The van der Waals surface area contributed by atoms with Crippen LogP contribution in [-0.4, -0.2) is 31.7 Å². The van der Waals surface area contributed by atoms with Gasteiger partial charge in [-0.05, 0) is 29.8 Å². The van der Waals surface area contributed by atoms with Crippen LogP contribution >= 0.6 is 11.8 Å². The molecule has 1 atom stereocenters. The zero-order valence-electron chi connectivity index (χ0n) is 17.1. The van der Waals surface area contributed by atoms with Crippen molar-refractivity contribution in [2.24, 2.45) is 5.14 Å². The van der Waals surface area contributed by atoms with Gasteiger partial charge in [0.25, 0.3) is 5.69 Å². The van der Waals surface area contributed by atoms with E-state index in [2.05, 4.69) is 5.32 Å². The fraction of sp³-hybridized carbons (Fsp3) is 0.182. The minimum absolute atomic E-state index is 0.198. The van der Waals surface area contributed by atoms with Gasteiger partial charge in [0.1, 0.15) is 5.69 Å². The summed E-state index contributed by atoms with van der Waals surface area (Å²) < 4.78 is 29.0. The second-order valence-electron chi connectivity index (χ2n) is 6.95. The molecule has 32 heavy (non-hydrogen) atoms. The van der Waals surface area contributed by atoms with Crippen molar-refractivity contribution in [1.29, 1.82) is 0 Å². The molecule has 0 fully saturated rings. The lowest BCUT2D eigenvalue weighted by Gasteiger charge is -2.20. The largest absolute Gasteiger partial charge is 0.375 e. The van der Waals surface area contributed by atoms with E-state index in [1.54, 1.807) is 11.8 Å². The number of nitro benzene ring substituents is 1. The molecular formula is C22H23N3O5S2. The minimum atomic E-state index is -4.06. The number of hydrogen-bond acceptors (Lipinski definition) is 7. The molecule has 0 aliphatic carbocycles. The van der Waals surface area contributed by atoms with E-state index in [4.69, 9.17) is 9.88 Å². The van der Waals surface area contributed by atoms with Crippen molar-refractivity contribution in [3.63, 3.8) is 0 Å². The average Bonchev–Trinajstić information content (AvgIpc) is 2.78. The maximum Gasteiger partial charge on any atom is 0.293 e. The van der Waals surface area contributed by atoms with Gasteiger partial charge >= 0.3 is 0 Å². The Kier molecular flexibility index (Phi) is 8.23. The van der Waals surface area contributed by atoms with E-state index in [9.17, 15) is 18.5 Å². The van der Waals surface area contributed by atoms with Crippen molar-refractivity contribution in [1.82, 2.24) is 0 Å². The number of sulfonamides is 1. The van der Waals surface area contributed by atoms with Gasteiger partial charge in [-0.2, -0.15) is 0 Å². The lowest BCUT2D eigenvalue weighted by molar-refractivity contribution is -0.384. The lowest BCUT2D eigenvalue weighted by Crippen LogP contribution is -2.28. The first-order valence-corrected chi connectivity index (χ1v) is 12.2. The number of nitro groups is 1. The number of benzene rings is 3. The zero-order chi connectivity index (χ0) is 23.0. The Balaban J connectivity index is 1.76. The van der Waals surface area contributed by atoms with Crippen LogP contribution < -0.4 is 10.5 Å². The molecule has 3 N–H and O–H groups in total. The normalized spacial score (nSPS) is 12.3. The molecule has 0 bridgehead atoms. The first-order valence-electron chi connectivity index (χ1n) is 9.70. The van der Waals surface area contributed by atoms with Gasteiger partial charge in [0.05, 0.1) is 29.1 Å². The van der Waals surface area contributed by atoms with E-state index in [0.29, 0.717) is 19.0 Å². The van der Waals surface area contributed by atoms with Crippen molar-refractivity contribution in [3.8, 4) is 0 Å². The summed E-state index contributed by atoms with van der Waals surface area (Å²) in [4.78, 5) is 11.7. The second kappa shape index (κ2) is 11.1. The van der Waals surface area contributed by atoms with Gasteiger partial charge in [-0.1, -0.05) is 48.5 Å². The van der Waals surface area contributed by atoms with E-state index in [1.165, 1.54) is 12.1 Å². The lowest BCUT2D eigenvalue weighted by atomic mass is 10.2. The van der Waals surface area contributed by atoms with Crippen LogP contribution in [0.4, 0.5) is 11.4 Å². The van der Waals surface area contributed by atoms with Crippen LogP contribution in [0, 0.1) is 10.1 Å². The van der Waals surface area contributed by atoms with Gasteiger partial charge in [-0.25, -0.2) is 13.6 Å². The number of hydrogen-bond donors (Lipinski definition) is 2. The molecule has 0 aliphatic rings.